The van der Waals surface area contributed by atoms with Crippen molar-refractivity contribution < 1.29 is 18.7 Å². The molecule has 1 aliphatic carbocycles. The van der Waals surface area contributed by atoms with Crippen LogP contribution in [0.5, 0.6) is 0 Å². The largest absolute Gasteiger partial charge is 0.465 e. The molecule has 1 N–H and O–H groups in total. The molecule has 2 aromatic heterocycles. The number of esters is 1. The molecule has 1 aliphatic rings. The first kappa shape index (κ1) is 15.6. The molecule has 0 spiro atoms. The van der Waals surface area contributed by atoms with Crippen LogP contribution in [-0.2, 0) is 22.4 Å². The summed E-state index contributed by atoms with van der Waals surface area (Å²) in [5.41, 5.74) is 1.53. The van der Waals surface area contributed by atoms with Crippen molar-refractivity contribution in [1.82, 2.24) is 0 Å². The lowest BCUT2D eigenvalue weighted by Crippen LogP contribution is -2.13. The van der Waals surface area contributed by atoms with E-state index < -0.39 is 5.97 Å². The number of amides is 1. The maximum absolute atomic E-state index is 12.1. The molecule has 23 heavy (non-hydrogen) atoms. The van der Waals surface area contributed by atoms with Crippen LogP contribution in [0.2, 0.25) is 0 Å². The first-order valence-corrected chi connectivity index (χ1v) is 8.26. The Morgan fingerprint density at radius 1 is 1.35 bits per heavy atom. The minimum Gasteiger partial charge on any atom is -0.465 e. The van der Waals surface area contributed by atoms with Gasteiger partial charge in [-0.1, -0.05) is 0 Å². The number of aryl methyl sites for hydroxylation is 1. The van der Waals surface area contributed by atoms with Gasteiger partial charge in [-0.25, -0.2) is 4.79 Å². The average molecular weight is 331 g/mol. The van der Waals surface area contributed by atoms with Crippen molar-refractivity contribution in [2.45, 2.75) is 25.7 Å². The number of hydrogen-bond donors (Lipinski definition) is 1. The van der Waals surface area contributed by atoms with E-state index >= 15 is 0 Å². The Morgan fingerprint density at radius 3 is 2.91 bits per heavy atom. The molecule has 2 heterocycles. The van der Waals surface area contributed by atoms with E-state index in [4.69, 9.17) is 9.15 Å². The second kappa shape index (κ2) is 6.83. The van der Waals surface area contributed by atoms with Crippen molar-refractivity contribution >= 4 is 34.3 Å². The molecule has 0 aromatic carbocycles. The van der Waals surface area contributed by atoms with Gasteiger partial charge in [-0.05, 0) is 49.5 Å². The zero-order valence-corrected chi connectivity index (χ0v) is 13.6. The molecular formula is C17H17NO4S. The molecule has 0 fully saturated rings. The maximum Gasteiger partial charge on any atom is 0.341 e. The number of fused-ring (bicyclic) bond motifs is 1. The smallest absolute Gasteiger partial charge is 0.341 e. The van der Waals surface area contributed by atoms with E-state index in [0.29, 0.717) is 16.3 Å². The summed E-state index contributed by atoms with van der Waals surface area (Å²) in [4.78, 5) is 25.4. The predicted octanol–water partition coefficient (Wildman–Crippen LogP) is 3.66. The van der Waals surface area contributed by atoms with Gasteiger partial charge in [-0.2, -0.15) is 0 Å². The van der Waals surface area contributed by atoms with Crippen LogP contribution in [0.1, 0.15) is 39.4 Å². The average Bonchev–Trinajstić information content (AvgIpc) is 3.19. The first-order chi connectivity index (χ1) is 11.2. The molecular weight excluding hydrogens is 314 g/mol. The van der Waals surface area contributed by atoms with Crippen LogP contribution in [0.25, 0.3) is 6.08 Å². The van der Waals surface area contributed by atoms with Gasteiger partial charge in [0, 0.05) is 11.0 Å². The van der Waals surface area contributed by atoms with E-state index in [9.17, 15) is 9.59 Å². The highest BCUT2D eigenvalue weighted by Gasteiger charge is 2.26. The van der Waals surface area contributed by atoms with Crippen LogP contribution in [0, 0.1) is 0 Å². The summed E-state index contributed by atoms with van der Waals surface area (Å²) in [5.74, 6) is -0.0984. The van der Waals surface area contributed by atoms with Gasteiger partial charge >= 0.3 is 5.97 Å². The van der Waals surface area contributed by atoms with Crippen LogP contribution in [-0.4, -0.2) is 19.0 Å². The van der Waals surface area contributed by atoms with Gasteiger partial charge in [0.2, 0.25) is 5.91 Å². The number of nitrogens with one attached hydrogen (secondary N) is 1. The Balaban J connectivity index is 1.83. The summed E-state index contributed by atoms with van der Waals surface area (Å²) in [7, 11) is 1.36. The van der Waals surface area contributed by atoms with Gasteiger partial charge in [0.1, 0.15) is 10.8 Å². The zero-order chi connectivity index (χ0) is 16.2. The summed E-state index contributed by atoms with van der Waals surface area (Å²) in [6.45, 7) is 0. The van der Waals surface area contributed by atoms with Crippen molar-refractivity contribution in [1.29, 1.82) is 0 Å². The minimum absolute atomic E-state index is 0.301. The third kappa shape index (κ3) is 3.37. The van der Waals surface area contributed by atoms with E-state index in [1.165, 1.54) is 29.4 Å². The normalized spacial score (nSPS) is 13.8. The van der Waals surface area contributed by atoms with Crippen molar-refractivity contribution in [3.63, 3.8) is 0 Å². The van der Waals surface area contributed by atoms with E-state index in [1.54, 1.807) is 24.5 Å². The second-order valence-electron chi connectivity index (χ2n) is 5.24. The maximum atomic E-state index is 12.1. The lowest BCUT2D eigenvalue weighted by atomic mass is 9.95. The topological polar surface area (TPSA) is 68.5 Å². The fraction of sp³-hybridized carbons (Fsp3) is 0.294. The Morgan fingerprint density at radius 2 is 2.17 bits per heavy atom. The van der Waals surface area contributed by atoms with Gasteiger partial charge in [0.05, 0.1) is 18.9 Å². The Hall–Kier alpha value is -2.34. The summed E-state index contributed by atoms with van der Waals surface area (Å²) in [5, 5.41) is 3.36. The minimum atomic E-state index is -0.394. The van der Waals surface area contributed by atoms with E-state index in [1.807, 2.05) is 0 Å². The van der Waals surface area contributed by atoms with Crippen LogP contribution in [0.15, 0.2) is 28.9 Å². The number of furan rings is 1. The van der Waals surface area contributed by atoms with Crippen molar-refractivity contribution in [2.24, 2.45) is 0 Å². The zero-order valence-electron chi connectivity index (χ0n) is 12.8. The quantitative estimate of drug-likeness (QED) is 0.686. The highest BCUT2D eigenvalue weighted by molar-refractivity contribution is 7.17. The molecule has 0 unspecified atom stereocenters. The monoisotopic (exact) mass is 331 g/mol. The van der Waals surface area contributed by atoms with E-state index in [2.05, 4.69) is 5.32 Å². The van der Waals surface area contributed by atoms with Gasteiger partial charge in [-0.3, -0.25) is 4.79 Å². The van der Waals surface area contributed by atoms with Crippen LogP contribution in [0.3, 0.4) is 0 Å². The molecule has 0 saturated carbocycles. The van der Waals surface area contributed by atoms with Gasteiger partial charge in [0.15, 0.2) is 0 Å². The molecule has 3 rings (SSSR count). The molecule has 5 nitrogen and oxygen atoms in total. The Labute approximate surface area is 137 Å². The van der Waals surface area contributed by atoms with Gasteiger partial charge in [0.25, 0.3) is 0 Å². The number of carbonyl (C=O) groups excluding carboxylic acids is 2. The molecule has 1 amide bonds. The fourth-order valence-electron chi connectivity index (χ4n) is 2.67. The standard InChI is InChI=1S/C17H17NO4S/c1-21-17(20)15-12-6-2-3-7-13(12)23-16(15)18-14(19)9-8-11-5-4-10-22-11/h4-5,8-10H,2-3,6-7H2,1H3,(H,18,19). The third-order valence-corrected chi connectivity index (χ3v) is 4.95. The van der Waals surface area contributed by atoms with Crippen molar-refractivity contribution in [2.75, 3.05) is 12.4 Å². The highest BCUT2D eigenvalue weighted by atomic mass is 32.1. The number of carbonyl (C=O) groups is 2. The predicted molar refractivity (Wildman–Crippen MR) is 88.7 cm³/mol. The van der Waals surface area contributed by atoms with Crippen molar-refractivity contribution in [3.05, 3.63) is 46.2 Å². The Bertz CT molecular complexity index is 743. The lowest BCUT2D eigenvalue weighted by molar-refractivity contribution is -0.111. The summed E-state index contributed by atoms with van der Waals surface area (Å²) in [6, 6.07) is 3.51. The van der Waals surface area contributed by atoms with E-state index in [-0.39, 0.29) is 5.91 Å². The third-order valence-electron chi connectivity index (χ3n) is 3.74. The molecule has 0 aliphatic heterocycles. The molecule has 0 radical (unpaired) electrons. The molecule has 0 saturated heterocycles. The summed E-state index contributed by atoms with van der Waals surface area (Å²) in [6.07, 6.45) is 8.48. The molecule has 0 atom stereocenters. The highest BCUT2D eigenvalue weighted by Crippen LogP contribution is 2.38. The second-order valence-corrected chi connectivity index (χ2v) is 6.35. The number of anilines is 1. The molecule has 2 aromatic rings. The summed E-state index contributed by atoms with van der Waals surface area (Å²) >= 11 is 1.47. The van der Waals surface area contributed by atoms with Gasteiger partial charge in [-0.15, -0.1) is 11.3 Å². The number of rotatable bonds is 4. The van der Waals surface area contributed by atoms with Crippen molar-refractivity contribution in [3.8, 4) is 0 Å². The number of hydrogen-bond acceptors (Lipinski definition) is 5. The lowest BCUT2D eigenvalue weighted by Gasteiger charge is -2.11. The van der Waals surface area contributed by atoms with Gasteiger partial charge < -0.3 is 14.5 Å². The molecule has 0 bridgehead atoms. The fourth-order valence-corrected chi connectivity index (χ4v) is 3.95. The van der Waals surface area contributed by atoms with Crippen LogP contribution in [0.4, 0.5) is 5.00 Å². The Kier molecular flexibility index (Phi) is 4.62. The molecule has 120 valence electrons. The van der Waals surface area contributed by atoms with Crippen LogP contribution >= 0.6 is 11.3 Å². The van der Waals surface area contributed by atoms with Crippen LogP contribution < -0.4 is 5.32 Å². The summed E-state index contributed by atoms with van der Waals surface area (Å²) < 4.78 is 10.0. The molecule has 6 heteroatoms. The number of thiophene rings is 1. The first-order valence-electron chi connectivity index (χ1n) is 7.44. The number of methoxy groups -OCH3 is 1. The SMILES string of the molecule is COC(=O)c1c(NC(=O)C=Cc2ccco2)sc2c1CCCC2. The van der Waals surface area contributed by atoms with E-state index in [0.717, 1.165) is 31.2 Å². The number of ether oxygens (including phenoxy) is 1.